The first-order valence-electron chi connectivity index (χ1n) is 4.86. The summed E-state index contributed by atoms with van der Waals surface area (Å²) in [5, 5.41) is 0. The molecule has 1 radical (unpaired) electrons. The minimum Gasteiger partial charge on any atom is -0.261 e. The van der Waals surface area contributed by atoms with Crippen molar-refractivity contribution < 1.29 is 13.2 Å². The van der Waals surface area contributed by atoms with Gasteiger partial charge in [0.1, 0.15) is 5.69 Å². The summed E-state index contributed by atoms with van der Waals surface area (Å²) in [5.74, 6) is 0. The van der Waals surface area contributed by atoms with E-state index in [1.165, 1.54) is 12.3 Å². The van der Waals surface area contributed by atoms with Crippen LogP contribution in [0.25, 0.3) is 11.3 Å². The Morgan fingerprint density at radius 1 is 1.18 bits per heavy atom. The smallest absolute Gasteiger partial charge is 0.261 e. The van der Waals surface area contributed by atoms with E-state index in [4.69, 9.17) is 0 Å². The van der Waals surface area contributed by atoms with Crippen molar-refractivity contribution >= 4 is 0 Å². The lowest BCUT2D eigenvalue weighted by molar-refractivity contribution is -0.141. The second-order valence-corrected chi connectivity index (χ2v) is 3.51. The molecule has 0 aliphatic rings. The monoisotopic (exact) mass is 237 g/mol. The zero-order valence-electron chi connectivity index (χ0n) is 8.92. The summed E-state index contributed by atoms with van der Waals surface area (Å²) in [5.41, 5.74) is 0.529. The van der Waals surface area contributed by atoms with Crippen LogP contribution < -0.4 is 0 Å². The van der Waals surface area contributed by atoms with E-state index >= 15 is 0 Å². The molecule has 0 amide bonds. The quantitative estimate of drug-likeness (QED) is 0.760. The second-order valence-electron chi connectivity index (χ2n) is 3.51. The van der Waals surface area contributed by atoms with Gasteiger partial charge in [0.15, 0.2) is 0 Å². The lowest BCUT2D eigenvalue weighted by Crippen LogP contribution is -2.08. The van der Waals surface area contributed by atoms with E-state index in [0.717, 1.165) is 11.8 Å². The molecule has 0 aliphatic heterocycles. The van der Waals surface area contributed by atoms with Gasteiger partial charge in [-0.15, -0.1) is 0 Å². The molecule has 2 rings (SSSR count). The van der Waals surface area contributed by atoms with Gasteiger partial charge in [0.25, 0.3) is 0 Å². The number of nitrogens with zero attached hydrogens (tertiary/aromatic N) is 2. The average molecular weight is 237 g/mol. The van der Waals surface area contributed by atoms with Crippen LogP contribution in [0.4, 0.5) is 13.2 Å². The summed E-state index contributed by atoms with van der Waals surface area (Å²) in [6.45, 7) is 1.80. The van der Waals surface area contributed by atoms with Crippen LogP contribution in [0.5, 0.6) is 0 Å². The van der Waals surface area contributed by atoms with Crippen LogP contribution >= 0.6 is 0 Å². The predicted molar refractivity (Wildman–Crippen MR) is 56.0 cm³/mol. The highest BCUT2D eigenvalue weighted by atomic mass is 19.4. The maximum Gasteiger partial charge on any atom is 0.433 e. The number of hydrogen-bond acceptors (Lipinski definition) is 2. The molecule has 2 heterocycles. The molecule has 0 bridgehead atoms. The second kappa shape index (κ2) is 4.16. The molecule has 5 heteroatoms. The minimum absolute atomic E-state index is 0.146. The summed E-state index contributed by atoms with van der Waals surface area (Å²) in [4.78, 5) is 7.53. The van der Waals surface area contributed by atoms with Crippen molar-refractivity contribution in [3.63, 3.8) is 0 Å². The molecule has 2 nitrogen and oxygen atoms in total. The number of alkyl halides is 3. The molecular formula is C12H8F3N2. The van der Waals surface area contributed by atoms with Crippen LogP contribution in [-0.4, -0.2) is 9.97 Å². The van der Waals surface area contributed by atoms with Gasteiger partial charge < -0.3 is 0 Å². The summed E-state index contributed by atoms with van der Waals surface area (Å²) in [6, 6.07) is 8.15. The molecule has 0 aliphatic carbocycles. The number of rotatable bonds is 1. The van der Waals surface area contributed by atoms with Crippen molar-refractivity contribution in [2.24, 2.45) is 0 Å². The molecule has 0 fully saturated rings. The van der Waals surface area contributed by atoms with Gasteiger partial charge in [-0.05, 0) is 31.2 Å². The number of halogens is 3. The molecule has 0 unspecified atom stereocenters. The van der Waals surface area contributed by atoms with Gasteiger partial charge in [-0.25, -0.2) is 4.98 Å². The van der Waals surface area contributed by atoms with Gasteiger partial charge in [-0.2, -0.15) is 13.2 Å². The number of aryl methyl sites for hydroxylation is 1. The fourth-order valence-corrected chi connectivity index (χ4v) is 1.30. The van der Waals surface area contributed by atoms with Crippen LogP contribution in [0, 0.1) is 13.0 Å². The third kappa shape index (κ3) is 2.61. The summed E-state index contributed by atoms with van der Waals surface area (Å²) in [7, 11) is 0. The predicted octanol–water partition coefficient (Wildman–Crippen LogP) is 3.27. The molecule has 0 aromatic carbocycles. The minimum atomic E-state index is -4.44. The highest BCUT2D eigenvalue weighted by Gasteiger charge is 2.32. The van der Waals surface area contributed by atoms with E-state index in [1.54, 1.807) is 19.1 Å². The Labute approximate surface area is 96.2 Å². The van der Waals surface area contributed by atoms with Crippen molar-refractivity contribution in [1.29, 1.82) is 0 Å². The van der Waals surface area contributed by atoms with Crippen LogP contribution in [0.2, 0.25) is 0 Å². The normalized spacial score (nSPS) is 11.5. The molecule has 0 spiro atoms. The fourth-order valence-electron chi connectivity index (χ4n) is 1.30. The number of aromatic nitrogens is 2. The Kier molecular flexibility index (Phi) is 2.83. The molecule has 2 aromatic rings. The van der Waals surface area contributed by atoms with E-state index in [0.29, 0.717) is 5.56 Å². The van der Waals surface area contributed by atoms with Crippen molar-refractivity contribution in [3.05, 3.63) is 47.9 Å². The maximum atomic E-state index is 12.5. The lowest BCUT2D eigenvalue weighted by atomic mass is 10.1. The Morgan fingerprint density at radius 3 is 2.53 bits per heavy atom. The van der Waals surface area contributed by atoms with E-state index in [1.807, 2.05) is 0 Å². The molecule has 0 saturated heterocycles. The van der Waals surface area contributed by atoms with Crippen LogP contribution in [-0.2, 0) is 6.18 Å². The maximum absolute atomic E-state index is 12.5. The SMILES string of the molecule is Cc1ccc(-c2[c]ccc(C(F)(F)F)n2)cn1. The van der Waals surface area contributed by atoms with Crippen LogP contribution in [0.15, 0.2) is 30.5 Å². The third-order valence-corrected chi connectivity index (χ3v) is 2.17. The highest BCUT2D eigenvalue weighted by Crippen LogP contribution is 2.28. The standard InChI is InChI=1S/C12H8F3N2/c1-8-5-6-9(7-16-8)10-3-2-4-11(17-10)12(13,14)15/h2,4-7H,1H3. The van der Waals surface area contributed by atoms with Gasteiger partial charge in [0, 0.05) is 23.5 Å². The number of pyridine rings is 2. The average Bonchev–Trinajstić information content (AvgIpc) is 2.29. The van der Waals surface area contributed by atoms with Crippen molar-refractivity contribution in [2.45, 2.75) is 13.1 Å². The topological polar surface area (TPSA) is 25.8 Å². The molecule has 0 N–H and O–H groups in total. The molecule has 17 heavy (non-hydrogen) atoms. The molecule has 2 aromatic heterocycles. The molecule has 87 valence electrons. The van der Waals surface area contributed by atoms with Crippen molar-refractivity contribution in [3.8, 4) is 11.3 Å². The van der Waals surface area contributed by atoms with Gasteiger partial charge in [0.2, 0.25) is 0 Å². The Balaban J connectivity index is 2.43. The summed E-state index contributed by atoms with van der Waals surface area (Å²) < 4.78 is 37.4. The van der Waals surface area contributed by atoms with Crippen molar-refractivity contribution in [2.75, 3.05) is 0 Å². The van der Waals surface area contributed by atoms with Crippen LogP contribution in [0.3, 0.4) is 0 Å². The molecular weight excluding hydrogens is 229 g/mol. The first-order chi connectivity index (χ1) is 7.97. The molecule has 0 atom stereocenters. The number of hydrogen-bond donors (Lipinski definition) is 0. The first kappa shape index (κ1) is 11.6. The Bertz CT molecular complexity index is 518. The first-order valence-corrected chi connectivity index (χ1v) is 4.86. The van der Waals surface area contributed by atoms with E-state index < -0.39 is 11.9 Å². The zero-order chi connectivity index (χ0) is 12.5. The van der Waals surface area contributed by atoms with Crippen molar-refractivity contribution in [1.82, 2.24) is 9.97 Å². The largest absolute Gasteiger partial charge is 0.433 e. The van der Waals surface area contributed by atoms with E-state index in [9.17, 15) is 13.2 Å². The van der Waals surface area contributed by atoms with Gasteiger partial charge in [-0.1, -0.05) is 0 Å². The van der Waals surface area contributed by atoms with Crippen LogP contribution in [0.1, 0.15) is 11.4 Å². The summed E-state index contributed by atoms with van der Waals surface area (Å²) >= 11 is 0. The Hall–Kier alpha value is -1.91. The Morgan fingerprint density at radius 2 is 1.94 bits per heavy atom. The van der Waals surface area contributed by atoms with Gasteiger partial charge in [0.05, 0.1) is 5.69 Å². The van der Waals surface area contributed by atoms with E-state index in [2.05, 4.69) is 16.0 Å². The van der Waals surface area contributed by atoms with Gasteiger partial charge >= 0.3 is 6.18 Å². The van der Waals surface area contributed by atoms with E-state index in [-0.39, 0.29) is 5.69 Å². The summed E-state index contributed by atoms with van der Waals surface area (Å²) in [6.07, 6.45) is -2.96. The fraction of sp³-hybridized carbons (Fsp3) is 0.167. The molecule has 0 saturated carbocycles. The lowest BCUT2D eigenvalue weighted by Gasteiger charge is -2.07. The zero-order valence-corrected chi connectivity index (χ0v) is 8.92. The third-order valence-electron chi connectivity index (χ3n) is 2.17. The van der Waals surface area contributed by atoms with Gasteiger partial charge in [-0.3, -0.25) is 4.98 Å². The highest BCUT2D eigenvalue weighted by molar-refractivity contribution is 5.57.